The molecule has 0 atom stereocenters. The van der Waals surface area contributed by atoms with Crippen LogP contribution in [0.25, 0.3) is 5.57 Å². The number of carbonyl (C=O) groups excluding carboxylic acids is 3. The highest BCUT2D eigenvalue weighted by Crippen LogP contribution is 2.29. The maximum absolute atomic E-state index is 13.5. The van der Waals surface area contributed by atoms with Crippen LogP contribution in [0.3, 0.4) is 0 Å². The van der Waals surface area contributed by atoms with E-state index in [9.17, 15) is 18.8 Å². The summed E-state index contributed by atoms with van der Waals surface area (Å²) in [7, 11) is 0. The fraction of sp³-hybridized carbons (Fsp3) is 0.353. The predicted molar refractivity (Wildman–Crippen MR) is 85.2 cm³/mol. The third-order valence-corrected chi connectivity index (χ3v) is 3.15. The van der Waals surface area contributed by atoms with Gasteiger partial charge >= 0.3 is 11.9 Å². The average molecular weight is 337 g/mol. The van der Waals surface area contributed by atoms with Crippen LogP contribution in [0.5, 0.6) is 0 Å². The van der Waals surface area contributed by atoms with Crippen LogP contribution < -0.4 is 5.32 Å². The molecule has 7 heteroatoms. The van der Waals surface area contributed by atoms with E-state index in [1.54, 1.807) is 13.8 Å². The first-order valence-electron chi connectivity index (χ1n) is 7.38. The molecule has 0 heterocycles. The van der Waals surface area contributed by atoms with Crippen molar-refractivity contribution in [2.45, 2.75) is 26.3 Å². The average Bonchev–Trinajstić information content (AvgIpc) is 2.52. The number of carbonyl (C=O) groups is 3. The maximum atomic E-state index is 13.5. The molecule has 1 aromatic carbocycles. The number of nitrogens with one attached hydrogen (secondary N) is 1. The number of hydrogen-bond acceptors (Lipinski definition) is 5. The number of hydrogen-bond donors (Lipinski definition) is 1. The van der Waals surface area contributed by atoms with Crippen LogP contribution in [0.15, 0.2) is 30.8 Å². The molecular formula is C17H20FNO5. The lowest BCUT2D eigenvalue weighted by molar-refractivity contribution is -0.163. The van der Waals surface area contributed by atoms with Gasteiger partial charge < -0.3 is 14.8 Å². The number of rotatable bonds is 7. The van der Waals surface area contributed by atoms with E-state index >= 15 is 0 Å². The van der Waals surface area contributed by atoms with Crippen LogP contribution >= 0.6 is 0 Å². The summed E-state index contributed by atoms with van der Waals surface area (Å²) in [6.07, 6.45) is 0. The minimum Gasteiger partial charge on any atom is -0.464 e. The van der Waals surface area contributed by atoms with Crippen LogP contribution in [0.4, 0.5) is 4.39 Å². The van der Waals surface area contributed by atoms with Gasteiger partial charge in [0, 0.05) is 12.5 Å². The third kappa shape index (κ3) is 3.98. The number of ether oxygens (including phenoxy) is 2. The molecule has 0 bridgehead atoms. The van der Waals surface area contributed by atoms with Crippen molar-refractivity contribution in [3.05, 3.63) is 42.2 Å². The molecule has 0 aromatic heterocycles. The van der Waals surface area contributed by atoms with Gasteiger partial charge in [0.05, 0.1) is 13.2 Å². The second-order valence-electron chi connectivity index (χ2n) is 4.86. The Hall–Kier alpha value is -2.70. The number of benzene rings is 1. The lowest BCUT2D eigenvalue weighted by atomic mass is 9.85. The zero-order valence-electron chi connectivity index (χ0n) is 13.8. The summed E-state index contributed by atoms with van der Waals surface area (Å²) in [5, 5.41) is 2.27. The third-order valence-electron chi connectivity index (χ3n) is 3.15. The Bertz CT molecular complexity index is 638. The number of amides is 1. The molecule has 0 aliphatic heterocycles. The van der Waals surface area contributed by atoms with Gasteiger partial charge in [-0.15, -0.1) is 0 Å². The fourth-order valence-electron chi connectivity index (χ4n) is 2.14. The maximum Gasteiger partial charge on any atom is 0.348 e. The molecule has 0 aliphatic rings. The largest absolute Gasteiger partial charge is 0.464 e. The summed E-state index contributed by atoms with van der Waals surface area (Å²) in [6, 6.07) is 5.15. The smallest absolute Gasteiger partial charge is 0.348 e. The molecule has 0 fully saturated rings. The minimum absolute atomic E-state index is 0.0317. The van der Waals surface area contributed by atoms with Gasteiger partial charge in [0.1, 0.15) is 5.82 Å². The molecule has 24 heavy (non-hydrogen) atoms. The molecule has 0 radical (unpaired) electrons. The summed E-state index contributed by atoms with van der Waals surface area (Å²) >= 11 is 0. The van der Waals surface area contributed by atoms with E-state index in [1.807, 2.05) is 0 Å². The molecule has 0 saturated carbocycles. The number of halogens is 1. The molecular weight excluding hydrogens is 317 g/mol. The van der Waals surface area contributed by atoms with E-state index in [0.717, 1.165) is 13.0 Å². The summed E-state index contributed by atoms with van der Waals surface area (Å²) in [4.78, 5) is 36.7. The van der Waals surface area contributed by atoms with Gasteiger partial charge in [-0.3, -0.25) is 4.79 Å². The van der Waals surface area contributed by atoms with E-state index in [4.69, 9.17) is 9.47 Å². The first kappa shape index (κ1) is 19.3. The topological polar surface area (TPSA) is 81.7 Å². The van der Waals surface area contributed by atoms with Crippen molar-refractivity contribution < 1.29 is 28.2 Å². The van der Waals surface area contributed by atoms with Gasteiger partial charge in [0.25, 0.3) is 5.54 Å². The molecule has 0 unspecified atom stereocenters. The Labute approximate surface area is 139 Å². The summed E-state index contributed by atoms with van der Waals surface area (Å²) in [5.41, 5.74) is -2.27. The van der Waals surface area contributed by atoms with Crippen LogP contribution in [-0.4, -0.2) is 36.6 Å². The van der Waals surface area contributed by atoms with E-state index in [2.05, 4.69) is 11.9 Å². The summed E-state index contributed by atoms with van der Waals surface area (Å²) < 4.78 is 23.4. The SMILES string of the molecule is C=C(c1cccc(F)c1)C(NC(C)=O)(C(=O)OCC)C(=O)OCC. The van der Waals surface area contributed by atoms with Crippen molar-refractivity contribution in [3.8, 4) is 0 Å². The molecule has 0 aliphatic carbocycles. The summed E-state index contributed by atoms with van der Waals surface area (Å²) in [6.45, 7) is 7.88. The van der Waals surface area contributed by atoms with Crippen molar-refractivity contribution in [3.63, 3.8) is 0 Å². The fourth-order valence-corrected chi connectivity index (χ4v) is 2.14. The second-order valence-corrected chi connectivity index (χ2v) is 4.86. The Morgan fingerprint density at radius 2 is 1.71 bits per heavy atom. The molecule has 0 saturated heterocycles. The van der Waals surface area contributed by atoms with Crippen LogP contribution in [-0.2, 0) is 23.9 Å². The quantitative estimate of drug-likeness (QED) is 0.606. The zero-order valence-corrected chi connectivity index (χ0v) is 13.8. The highest BCUT2D eigenvalue weighted by atomic mass is 19.1. The van der Waals surface area contributed by atoms with Gasteiger partial charge in [0.2, 0.25) is 5.91 Å². The van der Waals surface area contributed by atoms with E-state index in [1.165, 1.54) is 18.2 Å². The molecule has 1 amide bonds. The van der Waals surface area contributed by atoms with Crippen molar-refractivity contribution in [2.75, 3.05) is 13.2 Å². The van der Waals surface area contributed by atoms with E-state index in [0.29, 0.717) is 0 Å². The van der Waals surface area contributed by atoms with Gasteiger partial charge in [-0.05, 0) is 31.5 Å². The van der Waals surface area contributed by atoms with Crippen molar-refractivity contribution >= 4 is 23.4 Å². The zero-order chi connectivity index (χ0) is 18.3. The van der Waals surface area contributed by atoms with Gasteiger partial charge in [-0.1, -0.05) is 18.7 Å². The van der Waals surface area contributed by atoms with Crippen LogP contribution in [0.1, 0.15) is 26.3 Å². The lowest BCUT2D eigenvalue weighted by Gasteiger charge is -2.31. The number of esters is 2. The molecule has 130 valence electrons. The predicted octanol–water partition coefficient (Wildman–Crippen LogP) is 1.84. The van der Waals surface area contributed by atoms with Crippen molar-refractivity contribution in [1.82, 2.24) is 5.32 Å². The molecule has 1 aromatic rings. The standard InChI is InChI=1S/C17H20FNO5/c1-5-23-15(21)17(19-12(4)20,16(22)24-6-2)11(3)13-8-7-9-14(18)10-13/h7-10H,3,5-6H2,1-2,4H3,(H,19,20). The van der Waals surface area contributed by atoms with Crippen molar-refractivity contribution in [1.29, 1.82) is 0 Å². The normalized spacial score (nSPS) is 10.7. The Balaban J connectivity index is 3.52. The molecule has 0 spiro atoms. The van der Waals surface area contributed by atoms with Crippen molar-refractivity contribution in [2.24, 2.45) is 0 Å². The van der Waals surface area contributed by atoms with E-state index in [-0.39, 0.29) is 24.4 Å². The van der Waals surface area contributed by atoms with Crippen LogP contribution in [0.2, 0.25) is 0 Å². The Kier molecular flexibility index (Phi) is 6.64. The first-order chi connectivity index (χ1) is 11.3. The lowest BCUT2D eigenvalue weighted by Crippen LogP contribution is -2.61. The highest BCUT2D eigenvalue weighted by molar-refractivity contribution is 6.19. The molecule has 6 nitrogen and oxygen atoms in total. The Morgan fingerprint density at radius 3 is 2.12 bits per heavy atom. The van der Waals surface area contributed by atoms with Gasteiger partial charge in [0.15, 0.2) is 0 Å². The van der Waals surface area contributed by atoms with Crippen LogP contribution in [0, 0.1) is 5.82 Å². The highest BCUT2D eigenvalue weighted by Gasteiger charge is 2.53. The van der Waals surface area contributed by atoms with E-state index < -0.39 is 29.2 Å². The second kappa shape index (κ2) is 8.24. The first-order valence-corrected chi connectivity index (χ1v) is 7.38. The summed E-state index contributed by atoms with van der Waals surface area (Å²) in [5.74, 6) is -3.35. The monoisotopic (exact) mass is 337 g/mol. The Morgan fingerprint density at radius 1 is 1.17 bits per heavy atom. The molecule has 1 rings (SSSR count). The van der Waals surface area contributed by atoms with Gasteiger partial charge in [-0.2, -0.15) is 0 Å². The molecule has 1 N–H and O–H groups in total. The minimum atomic E-state index is -2.29. The van der Waals surface area contributed by atoms with Gasteiger partial charge in [-0.25, -0.2) is 14.0 Å².